The van der Waals surface area contributed by atoms with Crippen LogP contribution in [-0.2, 0) is 13.1 Å². The van der Waals surface area contributed by atoms with Gasteiger partial charge in [0.25, 0.3) is 0 Å². The molecule has 0 amide bonds. The van der Waals surface area contributed by atoms with E-state index >= 15 is 0 Å². The van der Waals surface area contributed by atoms with E-state index in [1.807, 2.05) is 12.4 Å². The molecule has 0 saturated carbocycles. The molecule has 1 aromatic heterocycles. The summed E-state index contributed by atoms with van der Waals surface area (Å²) in [5.41, 5.74) is 0. The molecule has 3 heteroatoms. The van der Waals surface area contributed by atoms with Crippen LogP contribution in [0.15, 0.2) is 12.4 Å². The lowest BCUT2D eigenvalue weighted by molar-refractivity contribution is 0.274. The topological polar surface area (TPSA) is 29.9 Å². The molecule has 0 aliphatic rings. The maximum absolute atomic E-state index is 4.37. The van der Waals surface area contributed by atoms with Crippen molar-refractivity contribution in [3.05, 3.63) is 18.2 Å². The monoisotopic (exact) mass is 237 g/mol. The Morgan fingerprint density at radius 2 is 1.88 bits per heavy atom. The molecular formula is C14H27N3. The van der Waals surface area contributed by atoms with Crippen LogP contribution >= 0.6 is 0 Å². The van der Waals surface area contributed by atoms with Gasteiger partial charge in [-0.2, -0.15) is 0 Å². The number of nitrogens with one attached hydrogen (secondary N) is 1. The first-order valence-electron chi connectivity index (χ1n) is 6.77. The third-order valence-corrected chi connectivity index (χ3v) is 3.52. The predicted molar refractivity (Wildman–Crippen MR) is 72.8 cm³/mol. The summed E-state index contributed by atoms with van der Waals surface area (Å²) < 4.78 is 2.19. The average Bonchev–Trinajstić information content (AvgIpc) is 2.70. The molecule has 0 spiro atoms. The second kappa shape index (κ2) is 6.80. The molecule has 1 heterocycles. The molecule has 98 valence electrons. The van der Waals surface area contributed by atoms with E-state index in [-0.39, 0.29) is 0 Å². The van der Waals surface area contributed by atoms with Crippen molar-refractivity contribution < 1.29 is 0 Å². The lowest BCUT2D eigenvalue weighted by Crippen LogP contribution is -2.30. The molecule has 1 rings (SSSR count). The van der Waals surface area contributed by atoms with Gasteiger partial charge in [0.2, 0.25) is 0 Å². The Kier molecular flexibility index (Phi) is 5.69. The lowest BCUT2D eigenvalue weighted by atomic mass is 9.85. The first kappa shape index (κ1) is 14.2. The number of hydrogen-bond donors (Lipinski definition) is 1. The second-order valence-electron chi connectivity index (χ2n) is 5.41. The minimum atomic E-state index is 0.730. The molecule has 1 aromatic rings. The summed E-state index contributed by atoms with van der Waals surface area (Å²) in [6.07, 6.45) is 3.92. The van der Waals surface area contributed by atoms with Crippen molar-refractivity contribution in [2.45, 2.75) is 47.7 Å². The molecule has 1 N–H and O–H groups in total. The fourth-order valence-corrected chi connectivity index (χ4v) is 2.39. The van der Waals surface area contributed by atoms with Crippen LogP contribution in [0.25, 0.3) is 0 Å². The van der Waals surface area contributed by atoms with Crippen LogP contribution < -0.4 is 5.32 Å². The van der Waals surface area contributed by atoms with E-state index in [1.54, 1.807) is 0 Å². The molecule has 3 nitrogen and oxygen atoms in total. The Hall–Kier alpha value is -0.830. The van der Waals surface area contributed by atoms with E-state index in [0.29, 0.717) is 0 Å². The fraction of sp³-hybridized carbons (Fsp3) is 0.786. The Morgan fingerprint density at radius 3 is 2.41 bits per heavy atom. The molecule has 0 aliphatic carbocycles. The van der Waals surface area contributed by atoms with Crippen LogP contribution in [0.3, 0.4) is 0 Å². The van der Waals surface area contributed by atoms with Crippen molar-refractivity contribution in [1.82, 2.24) is 14.9 Å². The number of imidazole rings is 1. The Balaban J connectivity index is 2.41. The predicted octanol–water partition coefficient (Wildman–Crippen LogP) is 2.92. The summed E-state index contributed by atoms with van der Waals surface area (Å²) in [6.45, 7) is 14.3. The summed E-state index contributed by atoms with van der Waals surface area (Å²) in [5.74, 6) is 3.33. The second-order valence-corrected chi connectivity index (χ2v) is 5.41. The van der Waals surface area contributed by atoms with Gasteiger partial charge >= 0.3 is 0 Å². The minimum Gasteiger partial charge on any atom is -0.334 e. The van der Waals surface area contributed by atoms with Gasteiger partial charge in [0.1, 0.15) is 5.82 Å². The summed E-state index contributed by atoms with van der Waals surface area (Å²) in [6, 6.07) is 0. The van der Waals surface area contributed by atoms with Crippen molar-refractivity contribution in [3.8, 4) is 0 Å². The molecule has 0 bridgehead atoms. The number of aryl methyl sites for hydroxylation is 1. The first-order valence-corrected chi connectivity index (χ1v) is 6.77. The van der Waals surface area contributed by atoms with Gasteiger partial charge in [0.05, 0.1) is 6.54 Å². The Bertz CT molecular complexity index is 307. The summed E-state index contributed by atoms with van der Waals surface area (Å²) in [4.78, 5) is 4.37. The molecule has 0 radical (unpaired) electrons. The highest BCUT2D eigenvalue weighted by atomic mass is 15.1. The largest absolute Gasteiger partial charge is 0.334 e. The zero-order valence-corrected chi connectivity index (χ0v) is 11.9. The van der Waals surface area contributed by atoms with Gasteiger partial charge in [-0.25, -0.2) is 4.98 Å². The molecule has 17 heavy (non-hydrogen) atoms. The third kappa shape index (κ3) is 4.15. The first-order chi connectivity index (χ1) is 8.06. The zero-order chi connectivity index (χ0) is 12.8. The molecule has 0 fully saturated rings. The fourth-order valence-electron chi connectivity index (χ4n) is 2.39. The van der Waals surface area contributed by atoms with Crippen LogP contribution in [0.5, 0.6) is 0 Å². The van der Waals surface area contributed by atoms with Gasteiger partial charge in [-0.3, -0.25) is 0 Å². The van der Waals surface area contributed by atoms with Crippen LogP contribution in [0, 0.1) is 17.8 Å². The van der Waals surface area contributed by atoms with Gasteiger partial charge in [-0.05, 0) is 31.2 Å². The van der Waals surface area contributed by atoms with Crippen molar-refractivity contribution in [2.24, 2.45) is 17.8 Å². The van der Waals surface area contributed by atoms with Crippen molar-refractivity contribution in [2.75, 3.05) is 6.54 Å². The van der Waals surface area contributed by atoms with Crippen molar-refractivity contribution in [3.63, 3.8) is 0 Å². The third-order valence-electron chi connectivity index (χ3n) is 3.52. The molecule has 0 aromatic carbocycles. The van der Waals surface area contributed by atoms with Crippen LogP contribution in [-0.4, -0.2) is 16.1 Å². The highest BCUT2D eigenvalue weighted by Crippen LogP contribution is 2.19. The van der Waals surface area contributed by atoms with Gasteiger partial charge in [0.15, 0.2) is 0 Å². The number of nitrogens with zero attached hydrogens (tertiary/aromatic N) is 2. The average molecular weight is 237 g/mol. The summed E-state index contributed by atoms with van der Waals surface area (Å²) in [5, 5.41) is 3.54. The van der Waals surface area contributed by atoms with E-state index in [0.717, 1.165) is 43.2 Å². The SMILES string of the molecule is CCn1ccnc1CNCC(C(C)C)C(C)C. The van der Waals surface area contributed by atoms with E-state index in [1.165, 1.54) is 0 Å². The zero-order valence-electron chi connectivity index (χ0n) is 11.9. The highest BCUT2D eigenvalue weighted by Gasteiger charge is 2.16. The van der Waals surface area contributed by atoms with E-state index in [9.17, 15) is 0 Å². The van der Waals surface area contributed by atoms with Gasteiger partial charge < -0.3 is 9.88 Å². The standard InChI is InChI=1S/C14H27N3/c1-6-17-8-7-16-14(17)10-15-9-13(11(2)3)12(4)5/h7-8,11-13,15H,6,9-10H2,1-5H3. The Morgan fingerprint density at radius 1 is 1.24 bits per heavy atom. The normalized spacial score (nSPS) is 12.0. The van der Waals surface area contributed by atoms with E-state index in [4.69, 9.17) is 0 Å². The quantitative estimate of drug-likeness (QED) is 0.790. The maximum atomic E-state index is 4.37. The smallest absolute Gasteiger partial charge is 0.122 e. The van der Waals surface area contributed by atoms with Crippen molar-refractivity contribution >= 4 is 0 Å². The molecular weight excluding hydrogens is 210 g/mol. The van der Waals surface area contributed by atoms with E-state index < -0.39 is 0 Å². The van der Waals surface area contributed by atoms with Gasteiger partial charge in [-0.15, -0.1) is 0 Å². The number of rotatable bonds is 7. The number of hydrogen-bond acceptors (Lipinski definition) is 2. The summed E-state index contributed by atoms with van der Waals surface area (Å²) in [7, 11) is 0. The van der Waals surface area contributed by atoms with Gasteiger partial charge in [0, 0.05) is 18.9 Å². The Labute approximate surface area is 106 Å². The molecule has 0 saturated heterocycles. The number of aromatic nitrogens is 2. The molecule has 0 aliphatic heterocycles. The van der Waals surface area contributed by atoms with E-state index in [2.05, 4.69) is 49.5 Å². The van der Waals surface area contributed by atoms with Crippen LogP contribution in [0.2, 0.25) is 0 Å². The van der Waals surface area contributed by atoms with Crippen molar-refractivity contribution in [1.29, 1.82) is 0 Å². The molecule has 0 unspecified atom stereocenters. The lowest BCUT2D eigenvalue weighted by Gasteiger charge is -2.25. The minimum absolute atomic E-state index is 0.730. The van der Waals surface area contributed by atoms with Gasteiger partial charge in [-0.1, -0.05) is 27.7 Å². The molecule has 0 atom stereocenters. The maximum Gasteiger partial charge on any atom is 0.122 e. The van der Waals surface area contributed by atoms with Crippen LogP contribution in [0.4, 0.5) is 0 Å². The highest BCUT2D eigenvalue weighted by molar-refractivity contribution is 4.91. The van der Waals surface area contributed by atoms with Crippen LogP contribution in [0.1, 0.15) is 40.4 Å². The summed E-state index contributed by atoms with van der Waals surface area (Å²) >= 11 is 0.